The lowest BCUT2D eigenvalue weighted by atomic mass is 10.1. The summed E-state index contributed by atoms with van der Waals surface area (Å²) in [6, 6.07) is 17.4. The van der Waals surface area contributed by atoms with Gasteiger partial charge in [0.05, 0.1) is 11.4 Å². The zero-order valence-electron chi connectivity index (χ0n) is 12.2. The van der Waals surface area contributed by atoms with Crippen molar-refractivity contribution in [1.29, 1.82) is 0 Å². The van der Waals surface area contributed by atoms with E-state index in [-0.39, 0.29) is 0 Å². The number of benzene rings is 1. The first-order valence-corrected chi connectivity index (χ1v) is 7.19. The maximum absolute atomic E-state index is 5.74. The molecule has 3 N–H and O–H groups in total. The van der Waals surface area contributed by atoms with Crippen molar-refractivity contribution in [3.05, 3.63) is 67.0 Å². The quantitative estimate of drug-likeness (QED) is 0.607. The number of anilines is 3. The standard InChI is InChI=1S/C17H14N6/c18-15-7-4-8-16(21-15)20-14-11-13(12-5-2-1-3-6-12)22-23-10-9-19-17(14)23/h1-11H,(H3,18,20,21). The highest BCUT2D eigenvalue weighted by atomic mass is 15.3. The molecule has 6 nitrogen and oxygen atoms in total. The van der Waals surface area contributed by atoms with Crippen LogP contribution in [0.5, 0.6) is 0 Å². The van der Waals surface area contributed by atoms with Crippen LogP contribution >= 0.6 is 0 Å². The molecule has 4 rings (SSSR count). The zero-order valence-corrected chi connectivity index (χ0v) is 12.2. The average molecular weight is 302 g/mol. The number of pyridine rings is 1. The van der Waals surface area contributed by atoms with Crippen molar-refractivity contribution in [3.63, 3.8) is 0 Å². The Hall–Kier alpha value is -3.41. The average Bonchev–Trinajstić information content (AvgIpc) is 3.04. The van der Waals surface area contributed by atoms with E-state index in [4.69, 9.17) is 5.73 Å². The molecule has 3 aromatic heterocycles. The maximum atomic E-state index is 5.74. The molecule has 0 fully saturated rings. The number of aromatic nitrogens is 4. The summed E-state index contributed by atoms with van der Waals surface area (Å²) < 4.78 is 1.75. The second-order valence-corrected chi connectivity index (χ2v) is 5.08. The number of hydrogen-bond acceptors (Lipinski definition) is 5. The normalized spacial score (nSPS) is 10.8. The van der Waals surface area contributed by atoms with Gasteiger partial charge in [0.2, 0.25) is 0 Å². The van der Waals surface area contributed by atoms with Gasteiger partial charge in [-0.15, -0.1) is 0 Å². The highest BCUT2D eigenvalue weighted by Crippen LogP contribution is 2.25. The predicted octanol–water partition coefficient (Wildman–Crippen LogP) is 3.12. The summed E-state index contributed by atoms with van der Waals surface area (Å²) in [6.07, 6.45) is 3.54. The lowest BCUT2D eigenvalue weighted by Gasteiger charge is -2.10. The van der Waals surface area contributed by atoms with Crippen molar-refractivity contribution in [2.24, 2.45) is 0 Å². The third kappa shape index (κ3) is 2.57. The van der Waals surface area contributed by atoms with Gasteiger partial charge in [0, 0.05) is 18.0 Å². The molecule has 0 aliphatic carbocycles. The fourth-order valence-electron chi connectivity index (χ4n) is 2.42. The van der Waals surface area contributed by atoms with Crippen LogP contribution in [0.15, 0.2) is 67.0 Å². The molecule has 0 amide bonds. The van der Waals surface area contributed by atoms with E-state index in [9.17, 15) is 0 Å². The largest absolute Gasteiger partial charge is 0.384 e. The van der Waals surface area contributed by atoms with Crippen LogP contribution < -0.4 is 11.1 Å². The Morgan fingerprint density at radius 2 is 1.87 bits per heavy atom. The van der Waals surface area contributed by atoms with Gasteiger partial charge >= 0.3 is 0 Å². The molecular formula is C17H14N6. The molecule has 0 saturated heterocycles. The van der Waals surface area contributed by atoms with Gasteiger partial charge in [-0.3, -0.25) is 0 Å². The van der Waals surface area contributed by atoms with Crippen LogP contribution in [0.25, 0.3) is 16.9 Å². The Morgan fingerprint density at radius 1 is 1.00 bits per heavy atom. The Labute approximate surface area is 132 Å². The van der Waals surface area contributed by atoms with Gasteiger partial charge < -0.3 is 11.1 Å². The molecule has 3 heterocycles. The minimum atomic E-state index is 0.465. The number of imidazole rings is 1. The van der Waals surface area contributed by atoms with E-state index in [2.05, 4.69) is 20.4 Å². The SMILES string of the molecule is Nc1cccc(Nc2cc(-c3ccccc3)nn3ccnc23)n1. The maximum Gasteiger partial charge on any atom is 0.177 e. The van der Waals surface area contributed by atoms with Gasteiger partial charge in [0.15, 0.2) is 5.65 Å². The Balaban J connectivity index is 1.83. The van der Waals surface area contributed by atoms with E-state index in [1.54, 1.807) is 16.8 Å². The minimum absolute atomic E-state index is 0.465. The van der Waals surface area contributed by atoms with Gasteiger partial charge in [-0.1, -0.05) is 36.4 Å². The molecule has 0 aliphatic heterocycles. The molecule has 0 saturated carbocycles. The summed E-state index contributed by atoms with van der Waals surface area (Å²) in [4.78, 5) is 8.62. The van der Waals surface area contributed by atoms with Crippen LogP contribution in [0.2, 0.25) is 0 Å². The molecule has 0 radical (unpaired) electrons. The van der Waals surface area contributed by atoms with Crippen molar-refractivity contribution >= 4 is 23.0 Å². The lowest BCUT2D eigenvalue weighted by Crippen LogP contribution is -2.02. The van der Waals surface area contributed by atoms with Gasteiger partial charge in [-0.2, -0.15) is 5.10 Å². The first-order chi connectivity index (χ1) is 11.3. The smallest absolute Gasteiger partial charge is 0.177 e. The highest BCUT2D eigenvalue weighted by Gasteiger charge is 2.09. The Bertz CT molecular complexity index is 961. The fraction of sp³-hybridized carbons (Fsp3) is 0. The van der Waals surface area contributed by atoms with Crippen LogP contribution in [0, 0.1) is 0 Å². The number of fused-ring (bicyclic) bond motifs is 1. The third-order valence-electron chi connectivity index (χ3n) is 3.46. The number of rotatable bonds is 3. The number of hydrogen-bond donors (Lipinski definition) is 2. The van der Waals surface area contributed by atoms with Crippen molar-refractivity contribution in [2.45, 2.75) is 0 Å². The predicted molar refractivity (Wildman–Crippen MR) is 90.4 cm³/mol. The molecule has 0 unspecified atom stereocenters. The number of nitrogens with zero attached hydrogens (tertiary/aromatic N) is 4. The summed E-state index contributed by atoms with van der Waals surface area (Å²) in [7, 11) is 0. The summed E-state index contributed by atoms with van der Waals surface area (Å²) in [5.74, 6) is 1.13. The van der Waals surface area contributed by atoms with E-state index in [0.717, 1.165) is 22.6 Å². The monoisotopic (exact) mass is 302 g/mol. The molecule has 112 valence electrons. The molecule has 0 bridgehead atoms. The summed E-state index contributed by atoms with van der Waals surface area (Å²) >= 11 is 0. The molecule has 0 spiro atoms. The molecule has 23 heavy (non-hydrogen) atoms. The summed E-state index contributed by atoms with van der Waals surface area (Å²) in [6.45, 7) is 0. The van der Waals surface area contributed by atoms with Gasteiger partial charge in [0.1, 0.15) is 11.6 Å². The van der Waals surface area contributed by atoms with Crippen LogP contribution in [-0.2, 0) is 0 Å². The van der Waals surface area contributed by atoms with E-state index in [1.165, 1.54) is 0 Å². The molecule has 0 atom stereocenters. The summed E-state index contributed by atoms with van der Waals surface area (Å²) in [5.41, 5.74) is 9.18. The van der Waals surface area contributed by atoms with Crippen molar-refractivity contribution in [2.75, 3.05) is 11.1 Å². The second-order valence-electron chi connectivity index (χ2n) is 5.08. The summed E-state index contributed by atoms with van der Waals surface area (Å²) in [5, 5.41) is 7.86. The van der Waals surface area contributed by atoms with Crippen molar-refractivity contribution in [1.82, 2.24) is 19.6 Å². The van der Waals surface area contributed by atoms with Gasteiger partial charge in [-0.05, 0) is 18.2 Å². The first kappa shape index (κ1) is 13.3. The van der Waals surface area contributed by atoms with Crippen molar-refractivity contribution in [3.8, 4) is 11.3 Å². The molecule has 1 aromatic carbocycles. The van der Waals surface area contributed by atoms with Crippen LogP contribution in [0.1, 0.15) is 0 Å². The number of nitrogens with two attached hydrogens (primary N) is 1. The zero-order chi connectivity index (χ0) is 15.6. The van der Waals surface area contributed by atoms with Crippen LogP contribution in [-0.4, -0.2) is 19.6 Å². The van der Waals surface area contributed by atoms with E-state index in [1.807, 2.05) is 54.7 Å². The fourth-order valence-corrected chi connectivity index (χ4v) is 2.42. The minimum Gasteiger partial charge on any atom is -0.384 e. The van der Waals surface area contributed by atoms with E-state index < -0.39 is 0 Å². The number of nitrogen functional groups attached to an aromatic ring is 1. The van der Waals surface area contributed by atoms with E-state index in [0.29, 0.717) is 11.6 Å². The Kier molecular flexibility index (Phi) is 3.12. The van der Waals surface area contributed by atoms with E-state index >= 15 is 0 Å². The van der Waals surface area contributed by atoms with Crippen LogP contribution in [0.3, 0.4) is 0 Å². The topological polar surface area (TPSA) is 81.1 Å². The highest BCUT2D eigenvalue weighted by molar-refractivity contribution is 5.77. The van der Waals surface area contributed by atoms with Crippen LogP contribution in [0.4, 0.5) is 17.3 Å². The lowest BCUT2D eigenvalue weighted by molar-refractivity contribution is 0.943. The first-order valence-electron chi connectivity index (χ1n) is 7.19. The van der Waals surface area contributed by atoms with Gasteiger partial charge in [-0.25, -0.2) is 14.5 Å². The second kappa shape index (κ2) is 5.42. The molecule has 4 aromatic rings. The molecular weight excluding hydrogens is 288 g/mol. The van der Waals surface area contributed by atoms with Gasteiger partial charge in [0.25, 0.3) is 0 Å². The van der Waals surface area contributed by atoms with Crippen molar-refractivity contribution < 1.29 is 0 Å². The molecule has 6 heteroatoms. The molecule has 0 aliphatic rings. The number of nitrogens with one attached hydrogen (secondary N) is 1. The Morgan fingerprint density at radius 3 is 2.70 bits per heavy atom. The third-order valence-corrected chi connectivity index (χ3v) is 3.46.